The minimum atomic E-state index is -0.102. The fraction of sp³-hybridized carbons (Fsp3) is 0.143. The lowest BCUT2D eigenvalue weighted by Crippen LogP contribution is -2.13. The molecule has 4 N–H and O–H groups in total. The van der Waals surface area contributed by atoms with E-state index in [1.54, 1.807) is 0 Å². The van der Waals surface area contributed by atoms with Gasteiger partial charge in [-0.15, -0.1) is 0 Å². The summed E-state index contributed by atoms with van der Waals surface area (Å²) in [5.74, 6) is 0. The number of nitrogen functional groups attached to an aromatic ring is 1. The molecule has 1 unspecified atom stereocenters. The van der Waals surface area contributed by atoms with Gasteiger partial charge in [0.2, 0.25) is 0 Å². The normalized spacial score (nSPS) is 12.0. The van der Waals surface area contributed by atoms with Crippen molar-refractivity contribution in [3.63, 3.8) is 0 Å². The Hall–Kier alpha value is -2.62. The van der Waals surface area contributed by atoms with Crippen molar-refractivity contribution in [3.05, 3.63) is 90.0 Å². The van der Waals surface area contributed by atoms with Gasteiger partial charge in [-0.1, -0.05) is 66.7 Å². The lowest BCUT2D eigenvalue weighted by Gasteiger charge is -2.19. The fourth-order valence-electron chi connectivity index (χ4n) is 2.72. The van der Waals surface area contributed by atoms with Crippen molar-refractivity contribution in [2.24, 2.45) is 5.73 Å². The summed E-state index contributed by atoms with van der Waals surface area (Å²) in [6.45, 7) is 1.03. The summed E-state index contributed by atoms with van der Waals surface area (Å²) in [5.41, 5.74) is 16.7. The first kappa shape index (κ1) is 16.2. The quantitative estimate of drug-likeness (QED) is 0.675. The third kappa shape index (κ3) is 3.82. The molecule has 1 atom stereocenters. The molecule has 0 aliphatic rings. The first-order chi connectivity index (χ1) is 11.8. The molecule has 3 rings (SSSR count). The second-order valence-electron chi connectivity index (χ2n) is 5.69. The summed E-state index contributed by atoms with van der Waals surface area (Å²) >= 11 is 0. The van der Waals surface area contributed by atoms with E-state index in [4.69, 9.17) is 16.2 Å². The lowest BCUT2D eigenvalue weighted by molar-refractivity contribution is 0.0864. The highest BCUT2D eigenvalue weighted by atomic mass is 16.5. The maximum absolute atomic E-state index is 5.98. The highest BCUT2D eigenvalue weighted by molar-refractivity contribution is 5.65. The molecule has 0 spiro atoms. The third-order valence-corrected chi connectivity index (χ3v) is 3.96. The molecule has 0 amide bonds. The Balaban J connectivity index is 1.87. The largest absolute Gasteiger partial charge is 0.399 e. The van der Waals surface area contributed by atoms with Crippen molar-refractivity contribution >= 4 is 5.69 Å². The van der Waals surface area contributed by atoms with Crippen LogP contribution in [0.5, 0.6) is 0 Å². The zero-order chi connectivity index (χ0) is 16.8. The lowest BCUT2D eigenvalue weighted by atomic mass is 9.98. The Labute approximate surface area is 142 Å². The Kier molecular flexibility index (Phi) is 5.26. The molecular formula is C21H22N2O. The molecule has 0 radical (unpaired) electrons. The van der Waals surface area contributed by atoms with Crippen molar-refractivity contribution in [1.29, 1.82) is 0 Å². The van der Waals surface area contributed by atoms with Crippen LogP contribution in [0.3, 0.4) is 0 Å². The van der Waals surface area contributed by atoms with E-state index in [-0.39, 0.29) is 6.10 Å². The van der Waals surface area contributed by atoms with E-state index in [2.05, 4.69) is 36.4 Å². The second-order valence-corrected chi connectivity index (χ2v) is 5.69. The van der Waals surface area contributed by atoms with Crippen molar-refractivity contribution in [3.8, 4) is 11.1 Å². The van der Waals surface area contributed by atoms with Crippen LogP contribution >= 0.6 is 0 Å². The summed E-state index contributed by atoms with van der Waals surface area (Å²) in [7, 11) is 0. The predicted octanol–water partition coefficient (Wildman–Crippen LogP) is 4.00. The zero-order valence-corrected chi connectivity index (χ0v) is 13.6. The second kappa shape index (κ2) is 7.77. The Morgan fingerprint density at radius 1 is 0.708 bits per heavy atom. The van der Waals surface area contributed by atoms with Crippen LogP contribution in [0, 0.1) is 0 Å². The molecule has 0 fully saturated rings. The number of anilines is 1. The van der Waals surface area contributed by atoms with Crippen LogP contribution in [0.25, 0.3) is 11.1 Å². The van der Waals surface area contributed by atoms with Crippen molar-refractivity contribution in [1.82, 2.24) is 0 Å². The van der Waals surface area contributed by atoms with E-state index in [9.17, 15) is 0 Å². The zero-order valence-electron chi connectivity index (χ0n) is 13.6. The maximum Gasteiger partial charge on any atom is 0.108 e. The van der Waals surface area contributed by atoms with Gasteiger partial charge in [0.05, 0.1) is 6.61 Å². The maximum atomic E-state index is 5.98. The van der Waals surface area contributed by atoms with E-state index in [1.165, 1.54) is 0 Å². The number of hydrogen-bond acceptors (Lipinski definition) is 3. The molecule has 122 valence electrons. The van der Waals surface area contributed by atoms with Crippen molar-refractivity contribution in [2.75, 3.05) is 18.9 Å². The molecule has 0 aliphatic carbocycles. The van der Waals surface area contributed by atoms with Gasteiger partial charge in [0.25, 0.3) is 0 Å². The number of nitrogens with two attached hydrogens (primary N) is 2. The van der Waals surface area contributed by atoms with Gasteiger partial charge < -0.3 is 16.2 Å². The van der Waals surface area contributed by atoms with Crippen LogP contribution in [0.15, 0.2) is 78.9 Å². The topological polar surface area (TPSA) is 61.3 Å². The summed E-state index contributed by atoms with van der Waals surface area (Å²) in [6.07, 6.45) is -0.102. The van der Waals surface area contributed by atoms with Gasteiger partial charge >= 0.3 is 0 Å². The van der Waals surface area contributed by atoms with Gasteiger partial charge in [-0.05, 0) is 34.4 Å². The summed E-state index contributed by atoms with van der Waals surface area (Å²) < 4.78 is 5.98. The molecule has 0 aliphatic heterocycles. The van der Waals surface area contributed by atoms with E-state index < -0.39 is 0 Å². The Morgan fingerprint density at radius 3 is 1.83 bits per heavy atom. The smallest absolute Gasteiger partial charge is 0.108 e. The average Bonchev–Trinajstić information content (AvgIpc) is 2.64. The van der Waals surface area contributed by atoms with E-state index in [1.807, 2.05) is 42.5 Å². The average molecular weight is 318 g/mol. The third-order valence-electron chi connectivity index (χ3n) is 3.96. The molecule has 0 saturated carbocycles. The minimum absolute atomic E-state index is 0.102. The van der Waals surface area contributed by atoms with E-state index in [0.717, 1.165) is 27.9 Å². The van der Waals surface area contributed by atoms with Crippen LogP contribution in [-0.4, -0.2) is 13.2 Å². The van der Waals surface area contributed by atoms with Crippen LogP contribution in [-0.2, 0) is 4.74 Å². The van der Waals surface area contributed by atoms with Crippen LogP contribution in [0.2, 0.25) is 0 Å². The molecule has 3 aromatic carbocycles. The van der Waals surface area contributed by atoms with Gasteiger partial charge in [-0.2, -0.15) is 0 Å². The Bertz CT molecular complexity index is 752. The fourth-order valence-corrected chi connectivity index (χ4v) is 2.72. The van der Waals surface area contributed by atoms with E-state index in [0.29, 0.717) is 13.2 Å². The standard InChI is InChI=1S/C21H22N2O/c22-14-15-24-21(18-4-2-1-3-5-18)19-8-6-16(7-9-19)17-10-12-20(23)13-11-17/h1-13,21H,14-15,22-23H2. The molecule has 3 nitrogen and oxygen atoms in total. The van der Waals surface area contributed by atoms with Gasteiger partial charge in [0, 0.05) is 12.2 Å². The molecule has 0 heterocycles. The Morgan fingerprint density at radius 2 is 1.25 bits per heavy atom. The predicted molar refractivity (Wildman–Crippen MR) is 99.6 cm³/mol. The molecular weight excluding hydrogens is 296 g/mol. The van der Waals surface area contributed by atoms with Crippen molar-refractivity contribution < 1.29 is 4.74 Å². The highest BCUT2D eigenvalue weighted by Gasteiger charge is 2.14. The monoisotopic (exact) mass is 318 g/mol. The van der Waals surface area contributed by atoms with E-state index >= 15 is 0 Å². The number of benzene rings is 3. The van der Waals surface area contributed by atoms with Crippen LogP contribution in [0.1, 0.15) is 17.2 Å². The number of hydrogen-bond donors (Lipinski definition) is 2. The first-order valence-electron chi connectivity index (χ1n) is 8.10. The highest BCUT2D eigenvalue weighted by Crippen LogP contribution is 2.28. The van der Waals surface area contributed by atoms with Crippen molar-refractivity contribution in [2.45, 2.75) is 6.10 Å². The van der Waals surface area contributed by atoms with Crippen LogP contribution < -0.4 is 11.5 Å². The molecule has 0 aromatic heterocycles. The van der Waals surface area contributed by atoms with Gasteiger partial charge in [-0.3, -0.25) is 0 Å². The summed E-state index contributed by atoms with van der Waals surface area (Å²) in [5, 5.41) is 0. The number of ether oxygens (including phenoxy) is 1. The molecule has 24 heavy (non-hydrogen) atoms. The van der Waals surface area contributed by atoms with Gasteiger partial charge in [0.15, 0.2) is 0 Å². The van der Waals surface area contributed by atoms with Gasteiger partial charge in [0.1, 0.15) is 6.10 Å². The number of rotatable bonds is 6. The minimum Gasteiger partial charge on any atom is -0.399 e. The molecule has 0 saturated heterocycles. The summed E-state index contributed by atoms with van der Waals surface area (Å²) in [6, 6.07) is 26.6. The summed E-state index contributed by atoms with van der Waals surface area (Å²) in [4.78, 5) is 0. The molecule has 0 bridgehead atoms. The molecule has 3 aromatic rings. The molecule has 3 heteroatoms. The van der Waals surface area contributed by atoms with Crippen LogP contribution in [0.4, 0.5) is 5.69 Å². The van der Waals surface area contributed by atoms with Gasteiger partial charge in [-0.25, -0.2) is 0 Å². The first-order valence-corrected chi connectivity index (χ1v) is 8.10. The SMILES string of the molecule is NCCOC(c1ccccc1)c1ccc(-c2ccc(N)cc2)cc1.